The number of amides is 1. The van der Waals surface area contributed by atoms with E-state index < -0.39 is 0 Å². The highest BCUT2D eigenvalue weighted by Crippen LogP contribution is 2.25. The van der Waals surface area contributed by atoms with Crippen LogP contribution in [0.3, 0.4) is 0 Å². The molecule has 0 atom stereocenters. The van der Waals surface area contributed by atoms with E-state index in [0.717, 1.165) is 22.3 Å². The summed E-state index contributed by atoms with van der Waals surface area (Å²) >= 11 is 2.69. The molecule has 0 bridgehead atoms. The maximum atomic E-state index is 13.2. The number of carbonyl (C=O) groups excluding carboxylic acids is 1. The number of fused-ring (bicyclic) bond motifs is 3. The van der Waals surface area contributed by atoms with Gasteiger partial charge in [-0.05, 0) is 54.1 Å². The van der Waals surface area contributed by atoms with Crippen molar-refractivity contribution in [3.8, 4) is 0 Å². The highest BCUT2D eigenvalue weighted by molar-refractivity contribution is 7.99. The summed E-state index contributed by atoms with van der Waals surface area (Å²) in [5.74, 6) is 0.517. The molecule has 0 fully saturated rings. The number of hydrogen-bond donors (Lipinski definition) is 1. The van der Waals surface area contributed by atoms with E-state index in [4.69, 9.17) is 0 Å². The average Bonchev–Trinajstić information content (AvgIpc) is 3.45. The molecule has 0 radical (unpaired) electrons. The first-order valence-electron chi connectivity index (χ1n) is 10.4. The van der Waals surface area contributed by atoms with Crippen LogP contribution >= 0.6 is 23.1 Å². The van der Waals surface area contributed by atoms with E-state index in [0.29, 0.717) is 22.2 Å². The molecule has 2 aromatic carbocycles. The SMILES string of the molecule is Cc1ccc(NC(=O)CSc2nnc3n(Cc4ccccc4)c(=O)c4sccc4n23)cc1C. The van der Waals surface area contributed by atoms with Gasteiger partial charge in [0.1, 0.15) is 4.70 Å². The van der Waals surface area contributed by atoms with Crippen LogP contribution in [0.5, 0.6) is 0 Å². The van der Waals surface area contributed by atoms with Crippen LogP contribution in [0.15, 0.2) is 69.9 Å². The normalized spacial score (nSPS) is 11.3. The Morgan fingerprint density at radius 2 is 1.88 bits per heavy atom. The zero-order chi connectivity index (χ0) is 22.9. The lowest BCUT2D eigenvalue weighted by Crippen LogP contribution is -2.23. The van der Waals surface area contributed by atoms with Crippen molar-refractivity contribution in [3.05, 3.63) is 87.0 Å². The van der Waals surface area contributed by atoms with Crippen LogP contribution in [0, 0.1) is 13.8 Å². The van der Waals surface area contributed by atoms with Crippen molar-refractivity contribution < 1.29 is 4.79 Å². The molecule has 0 unspecified atom stereocenters. The molecule has 1 amide bonds. The number of thioether (sulfide) groups is 1. The number of aromatic nitrogens is 4. The third-order valence-electron chi connectivity index (χ3n) is 5.49. The lowest BCUT2D eigenvalue weighted by Gasteiger charge is -2.10. The second-order valence-electron chi connectivity index (χ2n) is 7.77. The maximum Gasteiger partial charge on any atom is 0.273 e. The summed E-state index contributed by atoms with van der Waals surface area (Å²) in [7, 11) is 0. The number of aryl methyl sites for hydroxylation is 2. The lowest BCUT2D eigenvalue weighted by molar-refractivity contribution is -0.113. The number of nitrogens with zero attached hydrogens (tertiary/aromatic N) is 4. The molecule has 7 nitrogen and oxygen atoms in total. The van der Waals surface area contributed by atoms with Crippen molar-refractivity contribution >= 4 is 50.7 Å². The topological polar surface area (TPSA) is 81.3 Å². The fourth-order valence-corrected chi connectivity index (χ4v) is 5.21. The molecule has 1 N–H and O–H groups in total. The fourth-order valence-electron chi connectivity index (χ4n) is 3.65. The second kappa shape index (κ2) is 8.84. The molecule has 0 saturated carbocycles. The summed E-state index contributed by atoms with van der Waals surface area (Å²) in [4.78, 5) is 25.7. The van der Waals surface area contributed by atoms with Crippen molar-refractivity contribution in [3.63, 3.8) is 0 Å². The Labute approximate surface area is 198 Å². The average molecular weight is 476 g/mol. The summed E-state index contributed by atoms with van der Waals surface area (Å²) in [5.41, 5.74) is 4.74. The predicted octanol–water partition coefficient (Wildman–Crippen LogP) is 4.50. The molecular weight excluding hydrogens is 454 g/mol. The van der Waals surface area contributed by atoms with Gasteiger partial charge in [-0.2, -0.15) is 0 Å². The number of benzene rings is 2. The van der Waals surface area contributed by atoms with Gasteiger partial charge in [0.05, 0.1) is 17.8 Å². The molecule has 0 spiro atoms. The molecule has 5 aromatic rings. The van der Waals surface area contributed by atoms with Gasteiger partial charge in [0.25, 0.3) is 5.56 Å². The largest absolute Gasteiger partial charge is 0.325 e. The minimum absolute atomic E-state index is 0.0900. The van der Waals surface area contributed by atoms with Crippen molar-refractivity contribution in [2.75, 3.05) is 11.1 Å². The molecule has 0 aliphatic heterocycles. The van der Waals surface area contributed by atoms with Crippen molar-refractivity contribution in [1.29, 1.82) is 0 Å². The summed E-state index contributed by atoms with van der Waals surface area (Å²) < 4.78 is 4.14. The molecule has 0 saturated heterocycles. The molecule has 9 heteroatoms. The zero-order valence-electron chi connectivity index (χ0n) is 18.1. The van der Waals surface area contributed by atoms with E-state index >= 15 is 0 Å². The van der Waals surface area contributed by atoms with Gasteiger partial charge in [-0.3, -0.25) is 18.6 Å². The van der Waals surface area contributed by atoms with E-state index in [1.54, 1.807) is 4.57 Å². The lowest BCUT2D eigenvalue weighted by atomic mass is 10.1. The van der Waals surface area contributed by atoms with E-state index in [1.807, 2.05) is 78.2 Å². The smallest absolute Gasteiger partial charge is 0.273 e. The minimum atomic E-state index is -0.126. The Morgan fingerprint density at radius 3 is 2.67 bits per heavy atom. The van der Waals surface area contributed by atoms with Crippen molar-refractivity contribution in [1.82, 2.24) is 19.2 Å². The highest BCUT2D eigenvalue weighted by atomic mass is 32.2. The van der Waals surface area contributed by atoms with E-state index in [2.05, 4.69) is 15.5 Å². The number of thiophene rings is 1. The fraction of sp³-hybridized carbons (Fsp3) is 0.167. The van der Waals surface area contributed by atoms with Crippen molar-refractivity contribution in [2.24, 2.45) is 0 Å². The van der Waals surface area contributed by atoms with Crippen LogP contribution < -0.4 is 10.9 Å². The molecule has 5 rings (SSSR count). The monoisotopic (exact) mass is 475 g/mol. The van der Waals surface area contributed by atoms with Crippen LogP contribution in [0.25, 0.3) is 16.0 Å². The van der Waals surface area contributed by atoms with Gasteiger partial charge in [0.15, 0.2) is 5.16 Å². The molecule has 3 heterocycles. The van der Waals surface area contributed by atoms with Gasteiger partial charge < -0.3 is 5.32 Å². The standard InChI is InChI=1S/C24H21N5O2S2/c1-15-8-9-18(12-16(15)2)25-20(30)14-33-24-27-26-23-28(13-17-6-4-3-5-7-17)22(31)21-19(29(23)24)10-11-32-21/h3-12H,13-14H2,1-2H3,(H,25,30). The van der Waals surface area contributed by atoms with Crippen molar-refractivity contribution in [2.45, 2.75) is 25.5 Å². The number of anilines is 1. The van der Waals surface area contributed by atoms with Gasteiger partial charge in [0, 0.05) is 5.69 Å². The van der Waals surface area contributed by atoms with Gasteiger partial charge in [-0.25, -0.2) is 0 Å². The van der Waals surface area contributed by atoms with Crippen LogP contribution in [-0.2, 0) is 11.3 Å². The van der Waals surface area contributed by atoms with E-state index in [-0.39, 0.29) is 17.2 Å². The Hall–Kier alpha value is -3.43. The van der Waals surface area contributed by atoms with Crippen LogP contribution in [0.1, 0.15) is 16.7 Å². The number of rotatable bonds is 6. The Balaban J connectivity index is 1.45. The first kappa shape index (κ1) is 21.4. The number of carbonyl (C=O) groups is 1. The molecule has 33 heavy (non-hydrogen) atoms. The molecule has 0 aliphatic rings. The second-order valence-corrected chi connectivity index (χ2v) is 9.62. The molecule has 166 valence electrons. The van der Waals surface area contributed by atoms with Crippen LogP contribution in [0.2, 0.25) is 0 Å². The zero-order valence-corrected chi connectivity index (χ0v) is 19.7. The molecule has 0 aliphatic carbocycles. The summed E-state index contributed by atoms with van der Waals surface area (Å²) in [6, 6.07) is 17.5. The van der Waals surface area contributed by atoms with E-state index in [1.165, 1.54) is 28.7 Å². The highest BCUT2D eigenvalue weighted by Gasteiger charge is 2.19. The molecule has 3 aromatic heterocycles. The maximum absolute atomic E-state index is 13.2. The van der Waals surface area contributed by atoms with Gasteiger partial charge >= 0.3 is 0 Å². The Morgan fingerprint density at radius 1 is 1.06 bits per heavy atom. The Kier molecular flexibility index (Phi) is 5.74. The third-order valence-corrected chi connectivity index (χ3v) is 7.31. The predicted molar refractivity (Wildman–Crippen MR) is 133 cm³/mol. The first-order chi connectivity index (χ1) is 16.0. The van der Waals surface area contributed by atoms with Crippen LogP contribution in [-0.4, -0.2) is 30.8 Å². The van der Waals surface area contributed by atoms with Gasteiger partial charge in [-0.15, -0.1) is 21.5 Å². The number of hydrogen-bond acceptors (Lipinski definition) is 6. The minimum Gasteiger partial charge on any atom is -0.325 e. The number of nitrogens with one attached hydrogen (secondary N) is 1. The summed E-state index contributed by atoms with van der Waals surface area (Å²) in [6.07, 6.45) is 0. The van der Waals surface area contributed by atoms with Gasteiger partial charge in [0.2, 0.25) is 11.7 Å². The summed E-state index contributed by atoms with van der Waals surface area (Å²) in [5, 5.41) is 14.0. The quantitative estimate of drug-likeness (QED) is 0.366. The van der Waals surface area contributed by atoms with Crippen LogP contribution in [0.4, 0.5) is 5.69 Å². The third kappa shape index (κ3) is 4.17. The molecular formula is C24H21N5O2S2. The summed E-state index contributed by atoms with van der Waals surface area (Å²) in [6.45, 7) is 4.45. The van der Waals surface area contributed by atoms with Gasteiger partial charge in [-0.1, -0.05) is 48.2 Å². The van der Waals surface area contributed by atoms with E-state index in [9.17, 15) is 9.59 Å². The first-order valence-corrected chi connectivity index (χ1v) is 12.3. The Bertz CT molecular complexity index is 1540.